The molecule has 5 heteroatoms. The van der Waals surface area contributed by atoms with E-state index in [0.717, 1.165) is 23.0 Å². The smallest absolute Gasteiger partial charge is 0.165 e. The van der Waals surface area contributed by atoms with Gasteiger partial charge in [0.15, 0.2) is 11.5 Å². The van der Waals surface area contributed by atoms with Crippen LogP contribution in [0.1, 0.15) is 0 Å². The van der Waals surface area contributed by atoms with E-state index < -0.39 is 0 Å². The molecule has 1 aliphatic heterocycles. The fourth-order valence-electron chi connectivity index (χ4n) is 1.99. The molecular formula is C16H15ClO4. The molecule has 110 valence electrons. The predicted molar refractivity (Wildman–Crippen MR) is 79.9 cm³/mol. The van der Waals surface area contributed by atoms with E-state index in [1.54, 1.807) is 12.1 Å². The average molecular weight is 307 g/mol. The van der Waals surface area contributed by atoms with Crippen molar-refractivity contribution in [3.8, 4) is 23.0 Å². The number of halogens is 1. The third-order valence-electron chi connectivity index (χ3n) is 2.93. The summed E-state index contributed by atoms with van der Waals surface area (Å²) in [6.45, 7) is 2.02. The Hall–Kier alpha value is -2.07. The van der Waals surface area contributed by atoms with Crippen molar-refractivity contribution in [3.05, 3.63) is 47.5 Å². The van der Waals surface area contributed by atoms with Crippen LogP contribution >= 0.6 is 11.6 Å². The Labute approximate surface area is 128 Å². The highest BCUT2D eigenvalue weighted by atomic mass is 35.5. The van der Waals surface area contributed by atoms with Crippen LogP contribution in [0.3, 0.4) is 0 Å². The number of hydrogen-bond acceptors (Lipinski definition) is 4. The number of hydrogen-bond donors (Lipinski definition) is 0. The Balaban J connectivity index is 1.49. The highest BCUT2D eigenvalue weighted by molar-refractivity contribution is 6.30. The first-order valence-corrected chi connectivity index (χ1v) is 7.10. The van der Waals surface area contributed by atoms with Crippen LogP contribution in [-0.4, -0.2) is 26.4 Å². The summed E-state index contributed by atoms with van der Waals surface area (Å²) in [7, 11) is 0. The summed E-state index contributed by atoms with van der Waals surface area (Å²) in [4.78, 5) is 0. The van der Waals surface area contributed by atoms with Gasteiger partial charge in [0.1, 0.15) is 37.9 Å². The molecule has 0 aliphatic carbocycles. The quantitative estimate of drug-likeness (QED) is 0.791. The molecule has 1 heterocycles. The largest absolute Gasteiger partial charge is 0.490 e. The lowest BCUT2D eigenvalue weighted by atomic mass is 10.3. The first-order valence-electron chi connectivity index (χ1n) is 6.72. The van der Waals surface area contributed by atoms with Crippen LogP contribution in [0, 0.1) is 0 Å². The second-order valence-corrected chi connectivity index (χ2v) is 4.90. The predicted octanol–water partition coefficient (Wildman–Crippen LogP) is 3.57. The minimum atomic E-state index is 0.437. The van der Waals surface area contributed by atoms with E-state index in [2.05, 4.69) is 0 Å². The molecule has 0 saturated carbocycles. The summed E-state index contributed by atoms with van der Waals surface area (Å²) in [6, 6.07) is 12.8. The van der Waals surface area contributed by atoms with E-state index in [4.69, 9.17) is 30.5 Å². The Morgan fingerprint density at radius 1 is 0.857 bits per heavy atom. The SMILES string of the molecule is Clc1cccc(OCCOc2ccc3c(c2)OCCO3)c1. The van der Waals surface area contributed by atoms with Crippen molar-refractivity contribution >= 4 is 11.6 Å². The molecule has 21 heavy (non-hydrogen) atoms. The molecule has 0 unspecified atom stereocenters. The van der Waals surface area contributed by atoms with E-state index >= 15 is 0 Å². The monoisotopic (exact) mass is 306 g/mol. The van der Waals surface area contributed by atoms with Gasteiger partial charge in [0, 0.05) is 11.1 Å². The maximum absolute atomic E-state index is 5.88. The van der Waals surface area contributed by atoms with E-state index in [1.807, 2.05) is 30.3 Å². The van der Waals surface area contributed by atoms with E-state index in [0.29, 0.717) is 31.5 Å². The summed E-state index contributed by atoms with van der Waals surface area (Å²) in [5.74, 6) is 2.93. The van der Waals surface area contributed by atoms with E-state index in [9.17, 15) is 0 Å². The van der Waals surface area contributed by atoms with Crippen molar-refractivity contribution < 1.29 is 18.9 Å². The Bertz CT molecular complexity index is 615. The Morgan fingerprint density at radius 3 is 2.33 bits per heavy atom. The molecular weight excluding hydrogens is 292 g/mol. The fourth-order valence-corrected chi connectivity index (χ4v) is 2.17. The first kappa shape index (κ1) is 13.9. The van der Waals surface area contributed by atoms with Gasteiger partial charge in [-0.15, -0.1) is 0 Å². The highest BCUT2D eigenvalue weighted by Gasteiger charge is 2.12. The molecule has 0 radical (unpaired) electrons. The molecule has 0 bridgehead atoms. The molecule has 2 aromatic rings. The standard InChI is InChI=1S/C16H15ClO4/c17-12-2-1-3-13(10-12)18-6-7-19-14-4-5-15-16(11-14)21-9-8-20-15/h1-5,10-11H,6-9H2. The van der Waals surface area contributed by atoms with Crippen LogP contribution in [0.2, 0.25) is 5.02 Å². The second kappa shape index (κ2) is 6.59. The molecule has 0 spiro atoms. The van der Waals surface area contributed by atoms with Crippen LogP contribution in [-0.2, 0) is 0 Å². The van der Waals surface area contributed by atoms with Crippen LogP contribution in [0.15, 0.2) is 42.5 Å². The highest BCUT2D eigenvalue weighted by Crippen LogP contribution is 2.33. The van der Waals surface area contributed by atoms with Gasteiger partial charge >= 0.3 is 0 Å². The fraction of sp³-hybridized carbons (Fsp3) is 0.250. The van der Waals surface area contributed by atoms with Crippen molar-refractivity contribution in [2.75, 3.05) is 26.4 Å². The lowest BCUT2D eigenvalue weighted by Gasteiger charge is -2.19. The van der Waals surface area contributed by atoms with Gasteiger partial charge in [0.05, 0.1) is 0 Å². The van der Waals surface area contributed by atoms with Crippen LogP contribution in [0.25, 0.3) is 0 Å². The molecule has 2 aromatic carbocycles. The summed E-state index contributed by atoms with van der Waals surface area (Å²) < 4.78 is 22.1. The van der Waals surface area contributed by atoms with Crippen LogP contribution < -0.4 is 18.9 Å². The summed E-state index contributed by atoms with van der Waals surface area (Å²) in [6.07, 6.45) is 0. The normalized spacial score (nSPS) is 12.8. The first-order chi connectivity index (χ1) is 10.3. The summed E-state index contributed by atoms with van der Waals surface area (Å²) in [5.41, 5.74) is 0. The van der Waals surface area contributed by atoms with Crippen LogP contribution in [0.4, 0.5) is 0 Å². The summed E-state index contributed by atoms with van der Waals surface area (Å²) in [5, 5.41) is 0.653. The van der Waals surface area contributed by atoms with Gasteiger partial charge in [-0.3, -0.25) is 0 Å². The van der Waals surface area contributed by atoms with Crippen molar-refractivity contribution in [3.63, 3.8) is 0 Å². The van der Waals surface area contributed by atoms with E-state index in [-0.39, 0.29) is 0 Å². The Kier molecular flexibility index (Phi) is 4.36. The zero-order chi connectivity index (χ0) is 14.5. The molecule has 0 amide bonds. The number of benzene rings is 2. The topological polar surface area (TPSA) is 36.9 Å². The van der Waals surface area contributed by atoms with Gasteiger partial charge in [-0.1, -0.05) is 17.7 Å². The second-order valence-electron chi connectivity index (χ2n) is 4.46. The molecule has 0 fully saturated rings. The number of rotatable bonds is 5. The van der Waals surface area contributed by atoms with Crippen molar-refractivity contribution in [2.45, 2.75) is 0 Å². The third kappa shape index (κ3) is 3.73. The number of ether oxygens (including phenoxy) is 4. The zero-order valence-corrected chi connectivity index (χ0v) is 12.1. The zero-order valence-electron chi connectivity index (χ0n) is 11.4. The van der Waals surface area contributed by atoms with Gasteiger partial charge in [-0.25, -0.2) is 0 Å². The number of fused-ring (bicyclic) bond motifs is 1. The minimum Gasteiger partial charge on any atom is -0.490 e. The molecule has 3 rings (SSSR count). The van der Waals surface area contributed by atoms with Gasteiger partial charge in [-0.05, 0) is 30.3 Å². The van der Waals surface area contributed by atoms with Crippen molar-refractivity contribution in [1.82, 2.24) is 0 Å². The molecule has 0 N–H and O–H groups in total. The maximum atomic E-state index is 5.88. The molecule has 1 aliphatic rings. The lowest BCUT2D eigenvalue weighted by molar-refractivity contribution is 0.169. The lowest BCUT2D eigenvalue weighted by Crippen LogP contribution is -2.15. The molecule has 0 atom stereocenters. The van der Waals surface area contributed by atoms with Gasteiger partial charge in [0.25, 0.3) is 0 Å². The van der Waals surface area contributed by atoms with Gasteiger partial charge in [-0.2, -0.15) is 0 Å². The molecule has 4 nitrogen and oxygen atoms in total. The van der Waals surface area contributed by atoms with Crippen molar-refractivity contribution in [2.24, 2.45) is 0 Å². The van der Waals surface area contributed by atoms with Crippen LogP contribution in [0.5, 0.6) is 23.0 Å². The molecule has 0 saturated heterocycles. The minimum absolute atomic E-state index is 0.437. The Morgan fingerprint density at radius 2 is 1.57 bits per heavy atom. The van der Waals surface area contributed by atoms with Crippen molar-refractivity contribution in [1.29, 1.82) is 0 Å². The van der Waals surface area contributed by atoms with E-state index in [1.165, 1.54) is 0 Å². The maximum Gasteiger partial charge on any atom is 0.165 e. The summed E-state index contributed by atoms with van der Waals surface area (Å²) >= 11 is 5.88. The van der Waals surface area contributed by atoms with Gasteiger partial charge < -0.3 is 18.9 Å². The average Bonchev–Trinajstić information content (AvgIpc) is 2.51. The van der Waals surface area contributed by atoms with Gasteiger partial charge in [0.2, 0.25) is 0 Å². The third-order valence-corrected chi connectivity index (χ3v) is 3.17. The molecule has 0 aromatic heterocycles.